The third-order valence-electron chi connectivity index (χ3n) is 2.72. The summed E-state index contributed by atoms with van der Waals surface area (Å²) in [6.45, 7) is 2.47. The lowest BCUT2D eigenvalue weighted by molar-refractivity contribution is -0.142. The molecule has 0 saturated carbocycles. The molecular formula is C16H20FNO3. The molecule has 0 aliphatic rings. The first-order valence-corrected chi connectivity index (χ1v) is 6.73. The van der Waals surface area contributed by atoms with E-state index in [0.717, 1.165) is 6.07 Å². The van der Waals surface area contributed by atoms with Crippen molar-refractivity contribution < 1.29 is 18.7 Å². The normalized spacial score (nSPS) is 11.6. The van der Waals surface area contributed by atoms with Crippen LogP contribution < -0.4 is 0 Å². The summed E-state index contributed by atoms with van der Waals surface area (Å²) in [5.74, 6) is -1.30. The molecule has 4 nitrogen and oxygen atoms in total. The molecule has 0 bridgehead atoms. The van der Waals surface area contributed by atoms with Gasteiger partial charge in [0.25, 0.3) is 0 Å². The Morgan fingerprint density at radius 2 is 2.05 bits per heavy atom. The highest BCUT2D eigenvalue weighted by molar-refractivity contribution is 6.10. The van der Waals surface area contributed by atoms with Crippen LogP contribution in [0.5, 0.6) is 0 Å². The summed E-state index contributed by atoms with van der Waals surface area (Å²) in [4.78, 5) is 25.9. The number of ether oxygens (including phenoxy) is 1. The summed E-state index contributed by atoms with van der Waals surface area (Å²) in [5.41, 5.74) is 0.539. The molecule has 0 aliphatic carbocycles. The highest BCUT2D eigenvalue weighted by Gasteiger charge is 2.17. The molecule has 0 aliphatic heterocycles. The van der Waals surface area contributed by atoms with Crippen molar-refractivity contribution in [3.8, 4) is 0 Å². The Kier molecular flexibility index (Phi) is 6.75. The highest BCUT2D eigenvalue weighted by atomic mass is 19.1. The van der Waals surface area contributed by atoms with E-state index in [9.17, 15) is 14.0 Å². The second kappa shape index (κ2) is 8.32. The molecule has 0 saturated heterocycles. The fourth-order valence-corrected chi connectivity index (χ4v) is 1.72. The molecule has 21 heavy (non-hydrogen) atoms. The molecule has 5 heteroatoms. The van der Waals surface area contributed by atoms with Crippen molar-refractivity contribution in [3.63, 3.8) is 0 Å². The van der Waals surface area contributed by atoms with Crippen molar-refractivity contribution in [1.29, 1.82) is 0 Å². The minimum atomic E-state index is -0.482. The third kappa shape index (κ3) is 5.87. The van der Waals surface area contributed by atoms with Crippen LogP contribution in [0.25, 0.3) is 0 Å². The van der Waals surface area contributed by atoms with Crippen LogP contribution >= 0.6 is 0 Å². The van der Waals surface area contributed by atoms with Crippen molar-refractivity contribution in [2.75, 3.05) is 27.2 Å². The van der Waals surface area contributed by atoms with Crippen LogP contribution in [0.4, 0.5) is 4.39 Å². The van der Waals surface area contributed by atoms with Gasteiger partial charge in [-0.2, -0.15) is 0 Å². The zero-order valence-corrected chi connectivity index (χ0v) is 12.6. The predicted octanol–water partition coefficient (Wildman–Crippen LogP) is 2.45. The number of benzene rings is 1. The zero-order chi connectivity index (χ0) is 15.8. The number of likely N-dealkylation sites (N-methyl/N-ethyl adjacent to an activating group) is 1. The molecule has 1 aromatic rings. The minimum Gasteiger partial charge on any atom is -0.466 e. The van der Waals surface area contributed by atoms with Crippen molar-refractivity contribution in [1.82, 2.24) is 4.90 Å². The molecule has 0 spiro atoms. The van der Waals surface area contributed by atoms with Gasteiger partial charge in [-0.1, -0.05) is 18.2 Å². The van der Waals surface area contributed by atoms with Crippen LogP contribution in [-0.4, -0.2) is 43.9 Å². The van der Waals surface area contributed by atoms with E-state index in [1.807, 2.05) is 19.0 Å². The van der Waals surface area contributed by atoms with E-state index in [1.54, 1.807) is 13.0 Å². The average Bonchev–Trinajstić information content (AvgIpc) is 2.42. The van der Waals surface area contributed by atoms with Gasteiger partial charge in [-0.15, -0.1) is 0 Å². The van der Waals surface area contributed by atoms with E-state index in [0.29, 0.717) is 12.1 Å². The monoisotopic (exact) mass is 293 g/mol. The number of nitrogens with zero attached hydrogens (tertiary/aromatic N) is 1. The average molecular weight is 293 g/mol. The van der Waals surface area contributed by atoms with E-state index in [1.165, 1.54) is 18.2 Å². The highest BCUT2D eigenvalue weighted by Crippen LogP contribution is 2.14. The van der Waals surface area contributed by atoms with Gasteiger partial charge in [-0.05, 0) is 33.2 Å². The maximum atomic E-state index is 13.2. The molecule has 0 fully saturated rings. The van der Waals surface area contributed by atoms with E-state index < -0.39 is 11.8 Å². The van der Waals surface area contributed by atoms with Crippen molar-refractivity contribution in [2.24, 2.45) is 0 Å². The van der Waals surface area contributed by atoms with E-state index in [-0.39, 0.29) is 24.4 Å². The quantitative estimate of drug-likeness (QED) is 0.440. The number of carbonyl (C=O) groups is 2. The minimum absolute atomic E-state index is 0.114. The van der Waals surface area contributed by atoms with Crippen molar-refractivity contribution >= 4 is 11.8 Å². The number of hydrogen-bond acceptors (Lipinski definition) is 4. The Morgan fingerprint density at radius 3 is 2.62 bits per heavy atom. The lowest BCUT2D eigenvalue weighted by atomic mass is 10.00. The summed E-state index contributed by atoms with van der Waals surface area (Å²) in [7, 11) is 3.70. The summed E-state index contributed by atoms with van der Waals surface area (Å²) in [6, 6.07) is 5.43. The Labute approximate surface area is 124 Å². The molecule has 0 unspecified atom stereocenters. The molecule has 0 heterocycles. The van der Waals surface area contributed by atoms with Gasteiger partial charge in [0.15, 0.2) is 5.78 Å². The molecule has 0 N–H and O–H groups in total. The van der Waals surface area contributed by atoms with Gasteiger partial charge in [0.2, 0.25) is 0 Å². The van der Waals surface area contributed by atoms with Crippen molar-refractivity contribution in [3.05, 3.63) is 47.3 Å². The molecule has 1 aromatic carbocycles. The fourth-order valence-electron chi connectivity index (χ4n) is 1.72. The van der Waals surface area contributed by atoms with Gasteiger partial charge < -0.3 is 9.64 Å². The number of carbonyl (C=O) groups excluding carboxylic acids is 2. The van der Waals surface area contributed by atoms with E-state index in [2.05, 4.69) is 0 Å². The van der Waals surface area contributed by atoms with Gasteiger partial charge in [-0.25, -0.2) is 4.39 Å². The largest absolute Gasteiger partial charge is 0.466 e. The maximum absolute atomic E-state index is 13.2. The first-order chi connectivity index (χ1) is 9.93. The van der Waals surface area contributed by atoms with Crippen LogP contribution in [0, 0.1) is 5.82 Å². The number of halogens is 1. The Morgan fingerprint density at radius 1 is 1.33 bits per heavy atom. The summed E-state index contributed by atoms with van der Waals surface area (Å²) in [5, 5.41) is 0. The first kappa shape index (κ1) is 17.0. The SMILES string of the molecule is CCOC(=O)C/C(=C/CN(C)C)C(=O)c1cccc(F)c1. The smallest absolute Gasteiger partial charge is 0.310 e. The molecule has 0 radical (unpaired) electrons. The van der Waals surface area contributed by atoms with Crippen LogP contribution in [0.1, 0.15) is 23.7 Å². The van der Waals surface area contributed by atoms with Gasteiger partial charge in [0.1, 0.15) is 5.82 Å². The maximum Gasteiger partial charge on any atom is 0.310 e. The molecule has 0 aromatic heterocycles. The number of Topliss-reactive ketones (excluding diaryl/α,β-unsaturated/α-hetero) is 1. The number of ketones is 1. The zero-order valence-electron chi connectivity index (χ0n) is 12.6. The lowest BCUT2D eigenvalue weighted by Crippen LogP contribution is -2.16. The van der Waals surface area contributed by atoms with E-state index in [4.69, 9.17) is 4.74 Å². The summed E-state index contributed by atoms with van der Waals surface area (Å²) >= 11 is 0. The van der Waals surface area contributed by atoms with Gasteiger partial charge in [0.05, 0.1) is 13.0 Å². The van der Waals surface area contributed by atoms with Gasteiger partial charge in [-0.3, -0.25) is 9.59 Å². The predicted molar refractivity (Wildman–Crippen MR) is 78.6 cm³/mol. The molecule has 1 rings (SSSR count). The van der Waals surface area contributed by atoms with Gasteiger partial charge >= 0.3 is 5.97 Å². The molecule has 0 amide bonds. The lowest BCUT2D eigenvalue weighted by Gasteiger charge is -2.10. The van der Waals surface area contributed by atoms with Crippen LogP contribution in [0.3, 0.4) is 0 Å². The molecule has 0 atom stereocenters. The summed E-state index contributed by atoms with van der Waals surface area (Å²) < 4.78 is 18.1. The number of rotatable bonds is 7. The Bertz CT molecular complexity index is 538. The van der Waals surface area contributed by atoms with Crippen LogP contribution in [-0.2, 0) is 9.53 Å². The Balaban J connectivity index is 2.97. The Hall–Kier alpha value is -2.01. The molecule has 114 valence electrons. The number of esters is 1. The first-order valence-electron chi connectivity index (χ1n) is 6.73. The van der Waals surface area contributed by atoms with Crippen molar-refractivity contribution in [2.45, 2.75) is 13.3 Å². The van der Waals surface area contributed by atoms with E-state index >= 15 is 0 Å². The topological polar surface area (TPSA) is 46.6 Å². The fraction of sp³-hybridized carbons (Fsp3) is 0.375. The standard InChI is InChI=1S/C16H20FNO3/c1-4-21-15(19)11-13(8-9-18(2)3)16(20)12-6-5-7-14(17)10-12/h5-8,10H,4,9,11H2,1-3H3/b13-8-. The van der Waals surface area contributed by atoms with Crippen LogP contribution in [0.2, 0.25) is 0 Å². The number of hydrogen-bond donors (Lipinski definition) is 0. The third-order valence-corrected chi connectivity index (χ3v) is 2.72. The van der Waals surface area contributed by atoms with Crippen LogP contribution in [0.15, 0.2) is 35.9 Å². The molecular weight excluding hydrogens is 273 g/mol. The second-order valence-corrected chi connectivity index (χ2v) is 4.81. The van der Waals surface area contributed by atoms with Gasteiger partial charge in [0, 0.05) is 17.7 Å². The summed E-state index contributed by atoms with van der Waals surface area (Å²) in [6.07, 6.45) is 1.56. The second-order valence-electron chi connectivity index (χ2n) is 4.81.